The number of hydrogen-bond acceptors (Lipinski definition) is 4. The molecule has 2 aromatic carbocycles. The van der Waals surface area contributed by atoms with Crippen molar-refractivity contribution in [3.63, 3.8) is 0 Å². The van der Waals surface area contributed by atoms with Gasteiger partial charge < -0.3 is 15.0 Å². The third-order valence-corrected chi connectivity index (χ3v) is 5.38. The van der Waals surface area contributed by atoms with Crippen LogP contribution in [0.1, 0.15) is 44.0 Å². The minimum absolute atomic E-state index is 0.262. The average Bonchev–Trinajstić information content (AvgIpc) is 2.73. The number of anilines is 2. The first-order chi connectivity index (χ1) is 14.4. The molecular formula is C24H31N3O2S. The summed E-state index contributed by atoms with van der Waals surface area (Å²) in [5.74, 6) is 1.65. The second-order valence-electron chi connectivity index (χ2n) is 8.36. The second kappa shape index (κ2) is 10.4. The molecule has 0 saturated carbocycles. The van der Waals surface area contributed by atoms with Crippen LogP contribution in [-0.4, -0.2) is 30.7 Å². The van der Waals surface area contributed by atoms with E-state index in [1.807, 2.05) is 18.2 Å². The minimum atomic E-state index is -0.262. The van der Waals surface area contributed by atoms with Crippen LogP contribution in [0.15, 0.2) is 48.5 Å². The summed E-state index contributed by atoms with van der Waals surface area (Å²) < 4.78 is 5.69. The standard InChI is InChI=1S/C24H31N3O2S/c1-17(2)16-29-22-6-4-5-19(15-22)23(28)26-24(30)25-20-7-9-21(10-8-20)27-13-11-18(3)12-14-27/h4-10,15,17-18H,11-14,16H2,1-3H3,(H2,25,26,28,30). The van der Waals surface area contributed by atoms with Gasteiger partial charge in [0.05, 0.1) is 6.61 Å². The zero-order chi connectivity index (χ0) is 21.5. The second-order valence-corrected chi connectivity index (χ2v) is 8.77. The number of carbonyl (C=O) groups is 1. The summed E-state index contributed by atoms with van der Waals surface area (Å²) in [6, 6.07) is 15.3. The molecule has 160 valence electrons. The molecule has 0 spiro atoms. The highest BCUT2D eigenvalue weighted by molar-refractivity contribution is 7.80. The molecule has 30 heavy (non-hydrogen) atoms. The lowest BCUT2D eigenvalue weighted by Gasteiger charge is -2.32. The van der Waals surface area contributed by atoms with Gasteiger partial charge in [-0.25, -0.2) is 0 Å². The van der Waals surface area contributed by atoms with Crippen LogP contribution in [0.4, 0.5) is 11.4 Å². The quantitative estimate of drug-likeness (QED) is 0.632. The van der Waals surface area contributed by atoms with Crippen LogP contribution in [0.3, 0.4) is 0 Å². The Kier molecular flexibility index (Phi) is 7.69. The number of hydrogen-bond donors (Lipinski definition) is 2. The van der Waals surface area contributed by atoms with E-state index >= 15 is 0 Å². The third kappa shape index (κ3) is 6.46. The highest BCUT2D eigenvalue weighted by atomic mass is 32.1. The number of carbonyl (C=O) groups excluding carboxylic acids is 1. The molecule has 6 heteroatoms. The molecule has 3 rings (SSSR count). The van der Waals surface area contributed by atoms with Gasteiger partial charge in [0.15, 0.2) is 5.11 Å². The van der Waals surface area contributed by atoms with E-state index in [-0.39, 0.29) is 11.0 Å². The van der Waals surface area contributed by atoms with E-state index in [2.05, 4.69) is 48.4 Å². The number of amides is 1. The van der Waals surface area contributed by atoms with Crippen molar-refractivity contribution in [2.75, 3.05) is 29.9 Å². The van der Waals surface area contributed by atoms with Crippen LogP contribution in [0, 0.1) is 11.8 Å². The Labute approximate surface area is 184 Å². The summed E-state index contributed by atoms with van der Waals surface area (Å²) in [6.07, 6.45) is 2.47. The van der Waals surface area contributed by atoms with Crippen molar-refractivity contribution in [2.45, 2.75) is 33.6 Å². The highest BCUT2D eigenvalue weighted by Crippen LogP contribution is 2.24. The van der Waals surface area contributed by atoms with Crippen molar-refractivity contribution in [1.82, 2.24) is 5.32 Å². The Morgan fingerprint density at radius 1 is 1.17 bits per heavy atom. The lowest BCUT2D eigenvalue weighted by atomic mass is 9.99. The van der Waals surface area contributed by atoms with Crippen LogP contribution in [0.25, 0.3) is 0 Å². The molecule has 0 atom stereocenters. The number of rotatable bonds is 6. The van der Waals surface area contributed by atoms with Crippen molar-refractivity contribution in [1.29, 1.82) is 0 Å². The van der Waals surface area contributed by atoms with Crippen LogP contribution in [0.2, 0.25) is 0 Å². The highest BCUT2D eigenvalue weighted by Gasteiger charge is 2.16. The van der Waals surface area contributed by atoms with Crippen molar-refractivity contribution >= 4 is 34.6 Å². The summed E-state index contributed by atoms with van der Waals surface area (Å²) in [6.45, 7) is 9.29. The molecule has 0 aliphatic carbocycles. The number of nitrogens with one attached hydrogen (secondary N) is 2. The molecule has 1 saturated heterocycles. The number of ether oxygens (including phenoxy) is 1. The first kappa shape index (κ1) is 22.1. The predicted octanol–water partition coefficient (Wildman–Crippen LogP) is 5.08. The zero-order valence-corrected chi connectivity index (χ0v) is 18.8. The Morgan fingerprint density at radius 2 is 1.87 bits per heavy atom. The summed E-state index contributed by atoms with van der Waals surface area (Å²) >= 11 is 5.32. The Bertz CT molecular complexity index is 859. The summed E-state index contributed by atoms with van der Waals surface area (Å²) in [7, 11) is 0. The third-order valence-electron chi connectivity index (χ3n) is 5.18. The fraction of sp³-hybridized carbons (Fsp3) is 0.417. The topological polar surface area (TPSA) is 53.6 Å². The van der Waals surface area contributed by atoms with E-state index in [4.69, 9.17) is 17.0 Å². The monoisotopic (exact) mass is 425 g/mol. The maximum Gasteiger partial charge on any atom is 0.257 e. The summed E-state index contributed by atoms with van der Waals surface area (Å²) in [4.78, 5) is 14.9. The molecule has 0 bridgehead atoms. The van der Waals surface area contributed by atoms with Crippen LogP contribution >= 0.6 is 12.2 Å². The molecular weight excluding hydrogens is 394 g/mol. The minimum Gasteiger partial charge on any atom is -0.493 e. The molecule has 0 aromatic heterocycles. The lowest BCUT2D eigenvalue weighted by molar-refractivity contribution is 0.0977. The van der Waals surface area contributed by atoms with Gasteiger partial charge in [0.25, 0.3) is 5.91 Å². The number of piperidine rings is 1. The number of benzene rings is 2. The van der Waals surface area contributed by atoms with Gasteiger partial charge in [-0.1, -0.05) is 26.8 Å². The first-order valence-corrected chi connectivity index (χ1v) is 11.0. The van der Waals surface area contributed by atoms with E-state index in [9.17, 15) is 4.79 Å². The van der Waals surface area contributed by atoms with Gasteiger partial charge >= 0.3 is 0 Å². The molecule has 1 aliphatic rings. The number of thiocarbonyl (C=S) groups is 1. The normalized spacial score (nSPS) is 14.5. The fourth-order valence-corrected chi connectivity index (χ4v) is 3.56. The Balaban J connectivity index is 1.52. The van der Waals surface area contributed by atoms with Gasteiger partial charge in [-0.3, -0.25) is 10.1 Å². The van der Waals surface area contributed by atoms with E-state index in [1.54, 1.807) is 18.2 Å². The molecule has 1 fully saturated rings. The van der Waals surface area contributed by atoms with Crippen molar-refractivity contribution < 1.29 is 9.53 Å². The molecule has 0 unspecified atom stereocenters. The summed E-state index contributed by atoms with van der Waals surface area (Å²) in [5, 5.41) is 6.09. The van der Waals surface area contributed by atoms with Gasteiger partial charge in [0.1, 0.15) is 5.75 Å². The first-order valence-electron chi connectivity index (χ1n) is 10.6. The van der Waals surface area contributed by atoms with Crippen LogP contribution in [-0.2, 0) is 0 Å². The Hall–Kier alpha value is -2.60. The zero-order valence-electron chi connectivity index (χ0n) is 18.0. The molecule has 1 aliphatic heterocycles. The predicted molar refractivity (Wildman–Crippen MR) is 128 cm³/mol. The number of nitrogens with zero attached hydrogens (tertiary/aromatic N) is 1. The molecule has 5 nitrogen and oxygen atoms in total. The van der Waals surface area contributed by atoms with Gasteiger partial charge in [-0.15, -0.1) is 0 Å². The fourth-order valence-electron chi connectivity index (χ4n) is 3.35. The summed E-state index contributed by atoms with van der Waals surface area (Å²) in [5.41, 5.74) is 2.58. The van der Waals surface area contributed by atoms with E-state index in [0.717, 1.165) is 24.7 Å². The van der Waals surface area contributed by atoms with E-state index < -0.39 is 0 Å². The van der Waals surface area contributed by atoms with Gasteiger partial charge in [-0.2, -0.15) is 0 Å². The Morgan fingerprint density at radius 3 is 2.53 bits per heavy atom. The van der Waals surface area contributed by atoms with Gasteiger partial charge in [0, 0.05) is 30.0 Å². The molecule has 2 N–H and O–H groups in total. The molecule has 1 heterocycles. The van der Waals surface area contributed by atoms with E-state index in [1.165, 1.54) is 18.5 Å². The SMILES string of the molecule is CC(C)COc1cccc(C(=O)NC(=S)Nc2ccc(N3CCC(C)CC3)cc2)c1. The largest absolute Gasteiger partial charge is 0.493 e. The average molecular weight is 426 g/mol. The van der Waals surface area contributed by atoms with E-state index in [0.29, 0.717) is 23.8 Å². The lowest BCUT2D eigenvalue weighted by Crippen LogP contribution is -2.34. The van der Waals surface area contributed by atoms with Crippen LogP contribution in [0.5, 0.6) is 5.75 Å². The van der Waals surface area contributed by atoms with Gasteiger partial charge in [0.2, 0.25) is 0 Å². The smallest absolute Gasteiger partial charge is 0.257 e. The molecule has 2 aromatic rings. The van der Waals surface area contributed by atoms with Gasteiger partial charge in [-0.05, 0) is 79.4 Å². The van der Waals surface area contributed by atoms with Crippen molar-refractivity contribution in [3.8, 4) is 5.75 Å². The van der Waals surface area contributed by atoms with Crippen molar-refractivity contribution in [2.24, 2.45) is 11.8 Å². The molecule has 0 radical (unpaired) electrons. The van der Waals surface area contributed by atoms with Crippen LogP contribution < -0.4 is 20.3 Å². The van der Waals surface area contributed by atoms with Crippen molar-refractivity contribution in [3.05, 3.63) is 54.1 Å². The maximum atomic E-state index is 12.5. The molecule has 1 amide bonds. The maximum absolute atomic E-state index is 12.5.